The standard InChI is InChI=1S/C25H19N5O2.C18H13BrN4O.C8H9BO3/c26-14-16-1-7-20(8-2-16)30(21-9-10-21)25(32)19-11-12-29-23(13-19)22(15-28-29)17-3-5-18(6-4-17)24(27)31;19-16-11-21-22-8-7-13(9-17(16)22)18(24)23(15-5-6-15)14-3-1-12(10-20)2-4-14;1-6(10)7-2-4-8(5-3-7)9(11)12/h1-8,11-13,15,21H,9-10H2,(H2,27,31);1-4,7-9,11,15H,5-6H2;2-5,11-12H,1H3. The first-order valence-electron chi connectivity index (χ1n) is 21.5. The van der Waals surface area contributed by atoms with E-state index in [1.54, 1.807) is 94.5 Å². The van der Waals surface area contributed by atoms with Crippen molar-refractivity contribution in [3.63, 3.8) is 0 Å². The highest BCUT2D eigenvalue weighted by atomic mass is 79.9. The summed E-state index contributed by atoms with van der Waals surface area (Å²) in [5.41, 5.74) is 14.0. The molecule has 4 aromatic heterocycles. The molecule has 10 rings (SSSR count). The molecule has 4 N–H and O–H groups in total. The molecule has 4 aromatic carbocycles. The monoisotopic (exact) mass is 965 g/mol. The summed E-state index contributed by atoms with van der Waals surface area (Å²) in [5.74, 6) is -0.630. The maximum absolute atomic E-state index is 13.5. The normalized spacial score (nSPS) is 12.6. The van der Waals surface area contributed by atoms with Gasteiger partial charge in [-0.05, 0) is 144 Å². The molecular weight excluding hydrogens is 925 g/mol. The van der Waals surface area contributed by atoms with E-state index in [0.29, 0.717) is 38.8 Å². The molecule has 336 valence electrons. The number of hydrogen-bond donors (Lipinski definition) is 3. The number of aromatic nitrogens is 4. The third-order valence-corrected chi connectivity index (χ3v) is 12.0. The number of hydrogen-bond acceptors (Lipinski definition) is 10. The van der Waals surface area contributed by atoms with Crippen LogP contribution in [0.15, 0.2) is 151 Å². The van der Waals surface area contributed by atoms with Gasteiger partial charge < -0.3 is 25.6 Å². The van der Waals surface area contributed by atoms with Crippen molar-refractivity contribution in [1.82, 2.24) is 19.2 Å². The van der Waals surface area contributed by atoms with Crippen molar-refractivity contribution >= 4 is 74.4 Å². The van der Waals surface area contributed by atoms with E-state index in [4.69, 9.17) is 26.3 Å². The van der Waals surface area contributed by atoms with Crippen LogP contribution in [-0.2, 0) is 0 Å². The number of nitrogens with two attached hydrogens (primary N) is 1. The Balaban J connectivity index is 0.000000152. The molecule has 2 saturated carbocycles. The summed E-state index contributed by atoms with van der Waals surface area (Å²) in [6.45, 7) is 1.46. The molecule has 0 aliphatic heterocycles. The molecule has 2 aliphatic rings. The highest BCUT2D eigenvalue weighted by molar-refractivity contribution is 9.10. The molecule has 15 nitrogen and oxygen atoms in total. The van der Waals surface area contributed by atoms with Crippen molar-refractivity contribution in [2.45, 2.75) is 44.7 Å². The lowest BCUT2D eigenvalue weighted by Crippen LogP contribution is -2.33. The maximum atomic E-state index is 13.5. The predicted molar refractivity (Wildman–Crippen MR) is 260 cm³/mol. The van der Waals surface area contributed by atoms with Gasteiger partial charge in [-0.2, -0.15) is 20.7 Å². The predicted octanol–water partition coefficient (Wildman–Crippen LogP) is 7.13. The Morgan fingerprint density at radius 2 is 1.10 bits per heavy atom. The number of ketones is 1. The van der Waals surface area contributed by atoms with Crippen LogP contribution in [0.5, 0.6) is 0 Å². The molecule has 0 atom stereocenters. The van der Waals surface area contributed by atoms with Gasteiger partial charge in [0.1, 0.15) is 0 Å². The SMILES string of the molecule is CC(=O)c1ccc(B(O)O)cc1.N#Cc1ccc(N(C(=O)c2ccn3ncc(-c4ccc(C(N)=O)cc4)c3c2)C2CC2)cc1.N#Cc1ccc(N(C(=O)c2ccn3ncc(Br)c3c2)C2CC2)cc1. The average molecular weight is 967 g/mol. The average Bonchev–Trinajstić information content (AvgIpc) is 4.31. The van der Waals surface area contributed by atoms with Gasteiger partial charge in [-0.1, -0.05) is 36.4 Å². The molecule has 4 heterocycles. The van der Waals surface area contributed by atoms with Crippen LogP contribution < -0.4 is 21.0 Å². The molecule has 0 spiro atoms. The van der Waals surface area contributed by atoms with Crippen molar-refractivity contribution in [2.75, 3.05) is 9.80 Å². The Bertz CT molecular complexity index is 3260. The topological polar surface area (TPSA) is 223 Å². The van der Waals surface area contributed by atoms with E-state index < -0.39 is 13.0 Å². The number of primary amides is 1. The minimum atomic E-state index is -1.47. The molecule has 0 bridgehead atoms. The number of rotatable bonds is 10. The third kappa shape index (κ3) is 10.4. The van der Waals surface area contributed by atoms with Gasteiger partial charge in [0.2, 0.25) is 5.91 Å². The summed E-state index contributed by atoms with van der Waals surface area (Å²) < 4.78 is 4.30. The molecule has 2 fully saturated rings. The molecule has 68 heavy (non-hydrogen) atoms. The minimum Gasteiger partial charge on any atom is -0.423 e. The van der Waals surface area contributed by atoms with Crippen LogP contribution >= 0.6 is 15.9 Å². The molecule has 0 saturated heterocycles. The Kier molecular flexibility index (Phi) is 13.7. The quantitative estimate of drug-likeness (QED) is 0.0929. The van der Waals surface area contributed by atoms with Gasteiger partial charge in [0, 0.05) is 63.7 Å². The third-order valence-electron chi connectivity index (χ3n) is 11.4. The second-order valence-corrected chi connectivity index (χ2v) is 17.0. The number of nitriles is 2. The van der Waals surface area contributed by atoms with Crippen molar-refractivity contribution in [2.24, 2.45) is 5.73 Å². The second-order valence-electron chi connectivity index (χ2n) is 16.2. The lowest BCUT2D eigenvalue weighted by atomic mass is 9.80. The van der Waals surface area contributed by atoms with Gasteiger partial charge in [-0.3, -0.25) is 19.2 Å². The van der Waals surface area contributed by atoms with Crippen molar-refractivity contribution in [1.29, 1.82) is 10.5 Å². The summed E-state index contributed by atoms with van der Waals surface area (Å²) in [6.07, 6.45) is 10.9. The van der Waals surface area contributed by atoms with Gasteiger partial charge in [-0.15, -0.1) is 0 Å². The van der Waals surface area contributed by atoms with Crippen LogP contribution in [0.1, 0.15) is 85.2 Å². The smallest absolute Gasteiger partial charge is 0.423 e. The second kappa shape index (κ2) is 20.1. The molecule has 17 heteroatoms. The van der Waals surface area contributed by atoms with E-state index in [1.807, 2.05) is 58.3 Å². The van der Waals surface area contributed by atoms with Crippen molar-refractivity contribution < 1.29 is 29.2 Å². The number of amides is 3. The van der Waals surface area contributed by atoms with E-state index in [9.17, 15) is 19.2 Å². The van der Waals surface area contributed by atoms with Gasteiger partial charge in [0.25, 0.3) is 11.8 Å². The van der Waals surface area contributed by atoms with Gasteiger partial charge in [0.05, 0.1) is 51.2 Å². The summed E-state index contributed by atoms with van der Waals surface area (Å²) in [5, 5.41) is 44.0. The number of Topliss-reactive ketones (excluding diaryl/α,β-unsaturated/α-hetero) is 1. The van der Waals surface area contributed by atoms with Crippen LogP contribution in [0.25, 0.3) is 22.2 Å². The number of nitrogens with zero attached hydrogens (tertiary/aromatic N) is 8. The van der Waals surface area contributed by atoms with Gasteiger partial charge >= 0.3 is 7.12 Å². The lowest BCUT2D eigenvalue weighted by molar-refractivity contribution is 0.0977. The fourth-order valence-electron chi connectivity index (χ4n) is 7.45. The fraction of sp³-hybridized carbons (Fsp3) is 0.137. The highest BCUT2D eigenvalue weighted by Gasteiger charge is 2.35. The van der Waals surface area contributed by atoms with Crippen LogP contribution in [0.3, 0.4) is 0 Å². The first-order valence-corrected chi connectivity index (χ1v) is 22.3. The Morgan fingerprint density at radius 3 is 1.54 bits per heavy atom. The Morgan fingerprint density at radius 1 is 0.647 bits per heavy atom. The Hall–Kier alpha value is -8.22. The molecule has 2 aliphatic carbocycles. The fourth-order valence-corrected chi connectivity index (χ4v) is 7.84. The van der Waals surface area contributed by atoms with Gasteiger partial charge in [-0.25, -0.2) is 9.03 Å². The number of benzene rings is 4. The van der Waals surface area contributed by atoms with Gasteiger partial charge in [0.15, 0.2) is 5.78 Å². The minimum absolute atomic E-state index is 0.0298. The van der Waals surface area contributed by atoms with E-state index in [2.05, 4.69) is 38.3 Å². The van der Waals surface area contributed by atoms with Crippen LogP contribution in [-0.4, -0.2) is 72.0 Å². The number of halogens is 1. The van der Waals surface area contributed by atoms with E-state index in [0.717, 1.165) is 63.7 Å². The number of fused-ring (bicyclic) bond motifs is 2. The number of anilines is 2. The number of carbonyl (C=O) groups excluding carboxylic acids is 4. The molecule has 0 unspecified atom stereocenters. The highest BCUT2D eigenvalue weighted by Crippen LogP contribution is 2.35. The van der Waals surface area contributed by atoms with Crippen LogP contribution in [0.4, 0.5) is 11.4 Å². The maximum Gasteiger partial charge on any atom is 0.488 e. The zero-order valence-corrected chi connectivity index (χ0v) is 38.1. The summed E-state index contributed by atoms with van der Waals surface area (Å²) in [7, 11) is -1.47. The summed E-state index contributed by atoms with van der Waals surface area (Å²) in [6, 6.07) is 39.2. The first kappa shape index (κ1) is 46.3. The zero-order valence-electron chi connectivity index (χ0n) is 36.5. The van der Waals surface area contributed by atoms with E-state index in [1.165, 1.54) is 19.1 Å². The zero-order chi connectivity index (χ0) is 48.1. The van der Waals surface area contributed by atoms with E-state index in [-0.39, 0.29) is 29.7 Å². The molecule has 8 aromatic rings. The van der Waals surface area contributed by atoms with Crippen molar-refractivity contribution in [3.05, 3.63) is 184 Å². The lowest BCUT2D eigenvalue weighted by Gasteiger charge is -2.23. The van der Waals surface area contributed by atoms with Crippen molar-refractivity contribution in [3.8, 4) is 23.3 Å². The molecule has 3 amide bonds. The number of pyridine rings is 2. The summed E-state index contributed by atoms with van der Waals surface area (Å²) in [4.78, 5) is 52.4. The van der Waals surface area contributed by atoms with E-state index >= 15 is 0 Å². The molecular formula is C51H41BBrN9O6. The first-order chi connectivity index (χ1) is 32.8. The molecule has 0 radical (unpaired) electrons. The number of carbonyl (C=O) groups is 4. The largest absolute Gasteiger partial charge is 0.488 e. The van der Waals surface area contributed by atoms with Crippen LogP contribution in [0, 0.1) is 22.7 Å². The summed E-state index contributed by atoms with van der Waals surface area (Å²) >= 11 is 3.45. The Labute approximate surface area is 399 Å². The van der Waals surface area contributed by atoms with Crippen LogP contribution in [0.2, 0.25) is 0 Å².